The van der Waals surface area contributed by atoms with Gasteiger partial charge in [0, 0.05) is 12.4 Å². The summed E-state index contributed by atoms with van der Waals surface area (Å²) >= 11 is 0. The number of primary amides is 1. The lowest BCUT2D eigenvalue weighted by Crippen LogP contribution is -2.18. The first-order chi connectivity index (χ1) is 10.9. The van der Waals surface area contributed by atoms with Crippen LogP contribution in [0, 0.1) is 5.82 Å². The summed E-state index contributed by atoms with van der Waals surface area (Å²) in [5.41, 5.74) is 2.61. The molecule has 1 aromatic carbocycles. The normalized spacial score (nSPS) is 11.4. The molecule has 0 unspecified atom stereocenters. The van der Waals surface area contributed by atoms with Gasteiger partial charge in [-0.15, -0.1) is 0 Å². The van der Waals surface area contributed by atoms with Crippen molar-refractivity contribution in [3.8, 4) is 0 Å². The van der Waals surface area contributed by atoms with Gasteiger partial charge in [-0.2, -0.15) is 21.6 Å². The van der Waals surface area contributed by atoms with Gasteiger partial charge in [-0.05, 0) is 30.3 Å². The molecule has 1 aromatic heterocycles. The van der Waals surface area contributed by atoms with Crippen LogP contribution >= 0.6 is 0 Å². The molecule has 0 aliphatic carbocycles. The summed E-state index contributed by atoms with van der Waals surface area (Å²) in [5.74, 6) is -2.31. The minimum atomic E-state index is -4.79. The molecule has 0 saturated carbocycles. The molecule has 0 aliphatic rings. The fourth-order valence-corrected chi connectivity index (χ4v) is 1.91. The van der Waals surface area contributed by atoms with Gasteiger partial charge >= 0.3 is 6.18 Å². The van der Waals surface area contributed by atoms with E-state index >= 15 is 0 Å². The molecule has 0 atom stereocenters. The summed E-state index contributed by atoms with van der Waals surface area (Å²) in [6.07, 6.45) is -2.28. The zero-order chi connectivity index (χ0) is 18.5. The zero-order valence-electron chi connectivity index (χ0n) is 11.7. The molecule has 2 rings (SSSR count). The Morgan fingerprint density at radius 2 is 1.83 bits per heavy atom. The van der Waals surface area contributed by atoms with E-state index in [0.29, 0.717) is 6.07 Å². The first kappa shape index (κ1) is 19.5. The molecule has 0 radical (unpaired) electrons. The monoisotopic (exact) mass is 366 g/mol. The largest absolute Gasteiger partial charge is 0.417 e. The predicted octanol–water partition coefficient (Wildman–Crippen LogP) is 2.27. The number of nitrogens with zero attached hydrogens (tertiary/aromatic N) is 1. The highest BCUT2D eigenvalue weighted by Gasteiger charge is 2.35. The molecule has 1 heterocycles. The third-order valence-corrected chi connectivity index (χ3v) is 3.32. The van der Waals surface area contributed by atoms with Crippen LogP contribution in [0.25, 0.3) is 0 Å². The predicted molar refractivity (Wildman–Crippen MR) is 74.0 cm³/mol. The Hall–Kier alpha value is -2.53. The number of rotatable bonds is 2. The van der Waals surface area contributed by atoms with Crippen LogP contribution < -0.4 is 5.73 Å². The lowest BCUT2D eigenvalue weighted by molar-refractivity contribution is -0.138. The molecule has 24 heavy (non-hydrogen) atoms. The number of aromatic nitrogens is 1. The van der Waals surface area contributed by atoms with Crippen LogP contribution in [0.5, 0.6) is 0 Å². The second-order valence-corrected chi connectivity index (χ2v) is 5.64. The highest BCUT2D eigenvalue weighted by Crippen LogP contribution is 2.32. The van der Waals surface area contributed by atoms with E-state index in [0.717, 1.165) is 12.3 Å². The highest BCUT2D eigenvalue weighted by atomic mass is 32.2. The molecule has 6 nitrogen and oxygen atoms in total. The summed E-state index contributed by atoms with van der Waals surface area (Å²) in [5, 5.41) is 0. The molecular formula is C13H10F4N2O4S. The molecule has 130 valence electrons. The van der Waals surface area contributed by atoms with Crippen molar-refractivity contribution in [2.75, 3.05) is 0 Å². The van der Waals surface area contributed by atoms with Crippen molar-refractivity contribution in [1.29, 1.82) is 0 Å². The number of nitrogens with two attached hydrogens (primary N) is 1. The van der Waals surface area contributed by atoms with Crippen molar-refractivity contribution in [1.82, 2.24) is 4.98 Å². The molecular weight excluding hydrogens is 356 g/mol. The maximum atomic E-state index is 12.5. The quantitative estimate of drug-likeness (QED) is 0.626. The van der Waals surface area contributed by atoms with Gasteiger partial charge in [-0.25, -0.2) is 4.39 Å². The van der Waals surface area contributed by atoms with Gasteiger partial charge in [-0.1, -0.05) is 0 Å². The summed E-state index contributed by atoms with van der Waals surface area (Å²) in [6.45, 7) is 0. The Balaban J connectivity index is 0.000000254. The van der Waals surface area contributed by atoms with Crippen molar-refractivity contribution in [2.45, 2.75) is 11.1 Å². The number of carbonyl (C=O) groups excluding carboxylic acids is 1. The highest BCUT2D eigenvalue weighted by molar-refractivity contribution is 7.85. The van der Waals surface area contributed by atoms with Gasteiger partial charge in [0.1, 0.15) is 10.7 Å². The lowest BCUT2D eigenvalue weighted by atomic mass is 10.1. The number of benzene rings is 1. The minimum Gasteiger partial charge on any atom is -0.366 e. The van der Waals surface area contributed by atoms with Crippen molar-refractivity contribution in [2.24, 2.45) is 5.73 Å². The third kappa shape index (κ3) is 5.59. The number of carbonyl (C=O) groups is 1. The van der Waals surface area contributed by atoms with Gasteiger partial charge in [0.25, 0.3) is 10.1 Å². The second-order valence-electron chi connectivity index (χ2n) is 4.22. The van der Waals surface area contributed by atoms with E-state index in [1.54, 1.807) is 0 Å². The summed E-state index contributed by atoms with van der Waals surface area (Å²) in [4.78, 5) is 13.9. The first-order valence-corrected chi connectivity index (χ1v) is 7.41. The van der Waals surface area contributed by atoms with Gasteiger partial charge in [-0.3, -0.25) is 14.3 Å². The number of hydrogen-bond acceptors (Lipinski definition) is 4. The number of pyridine rings is 1. The van der Waals surface area contributed by atoms with E-state index in [1.807, 2.05) is 0 Å². The maximum Gasteiger partial charge on any atom is 0.417 e. The molecule has 0 saturated heterocycles. The fraction of sp³-hybridized carbons (Fsp3) is 0.0769. The Morgan fingerprint density at radius 1 is 1.21 bits per heavy atom. The number of alkyl halides is 3. The molecule has 0 spiro atoms. The van der Waals surface area contributed by atoms with Gasteiger partial charge in [0.2, 0.25) is 5.91 Å². The Kier molecular flexibility index (Phi) is 5.99. The molecule has 0 fully saturated rings. The van der Waals surface area contributed by atoms with Crippen LogP contribution in [0.3, 0.4) is 0 Å². The Bertz CT molecular complexity index is 824. The van der Waals surface area contributed by atoms with E-state index in [1.165, 1.54) is 18.3 Å². The molecule has 11 heteroatoms. The lowest BCUT2D eigenvalue weighted by Gasteiger charge is -2.09. The Morgan fingerprint density at radius 3 is 2.21 bits per heavy atom. The van der Waals surface area contributed by atoms with Crippen molar-refractivity contribution < 1.29 is 35.3 Å². The van der Waals surface area contributed by atoms with Crippen LogP contribution in [0.2, 0.25) is 0 Å². The summed E-state index contributed by atoms with van der Waals surface area (Å²) in [7, 11) is -4.07. The minimum absolute atomic E-state index is 0.185. The topological polar surface area (TPSA) is 110 Å². The number of amides is 1. The molecule has 0 aliphatic heterocycles. The zero-order valence-corrected chi connectivity index (χ0v) is 12.5. The van der Waals surface area contributed by atoms with Crippen LogP contribution in [-0.4, -0.2) is 23.9 Å². The number of hydrogen-bond donors (Lipinski definition) is 2. The van der Waals surface area contributed by atoms with E-state index < -0.39 is 39.1 Å². The average molecular weight is 366 g/mol. The van der Waals surface area contributed by atoms with Gasteiger partial charge in [0.05, 0.1) is 11.1 Å². The fourth-order valence-electron chi connectivity index (χ4n) is 1.47. The third-order valence-electron chi connectivity index (χ3n) is 2.48. The van der Waals surface area contributed by atoms with E-state index in [2.05, 4.69) is 4.98 Å². The molecule has 1 amide bonds. The van der Waals surface area contributed by atoms with Gasteiger partial charge in [0.15, 0.2) is 0 Å². The second kappa shape index (κ2) is 7.36. The standard InChI is InChI=1S/C8H5F4NO.C5H5NO3S/c9-4-1-2-5(7(13)14)6(3-4)8(10,11)12;7-10(8,9)5-2-1-3-6-4-5/h1-3H,(H2,13,14);1-4H,(H,7,8,9). The molecule has 3 N–H and O–H groups in total. The van der Waals surface area contributed by atoms with E-state index in [-0.39, 0.29) is 11.0 Å². The van der Waals surface area contributed by atoms with Crippen LogP contribution in [0.1, 0.15) is 15.9 Å². The van der Waals surface area contributed by atoms with Crippen molar-refractivity contribution in [3.05, 3.63) is 59.7 Å². The molecule has 2 aromatic rings. The van der Waals surface area contributed by atoms with Gasteiger partial charge < -0.3 is 5.73 Å². The average Bonchev–Trinajstić information content (AvgIpc) is 2.46. The number of halogens is 4. The molecule has 0 bridgehead atoms. The van der Waals surface area contributed by atoms with E-state index in [9.17, 15) is 30.8 Å². The first-order valence-electron chi connectivity index (χ1n) is 5.97. The summed E-state index contributed by atoms with van der Waals surface area (Å²) in [6, 6.07) is 4.39. The van der Waals surface area contributed by atoms with Crippen LogP contribution in [0.15, 0.2) is 47.6 Å². The SMILES string of the molecule is NC(=O)c1ccc(F)cc1C(F)(F)F.O=S(=O)(O)c1cccnc1. The van der Waals surface area contributed by atoms with Crippen molar-refractivity contribution in [3.63, 3.8) is 0 Å². The Labute approximate surface area is 133 Å². The van der Waals surface area contributed by atoms with Crippen LogP contribution in [0.4, 0.5) is 17.6 Å². The van der Waals surface area contributed by atoms with E-state index in [4.69, 9.17) is 10.3 Å². The smallest absolute Gasteiger partial charge is 0.366 e. The van der Waals surface area contributed by atoms with Crippen molar-refractivity contribution >= 4 is 16.0 Å². The summed E-state index contributed by atoms with van der Waals surface area (Å²) < 4.78 is 78.2. The van der Waals surface area contributed by atoms with Crippen LogP contribution in [-0.2, 0) is 16.3 Å². The maximum absolute atomic E-state index is 12.5.